The normalized spacial score (nSPS) is 32.1. The number of allylic oxidation sites excluding steroid dienone is 2. The second kappa shape index (κ2) is 4.08. The van der Waals surface area contributed by atoms with Crippen molar-refractivity contribution in [2.24, 2.45) is 10.8 Å². The lowest BCUT2D eigenvalue weighted by molar-refractivity contribution is -0.149. The Labute approximate surface area is 127 Å². The van der Waals surface area contributed by atoms with Gasteiger partial charge in [-0.05, 0) is 54.1 Å². The lowest BCUT2D eigenvalue weighted by Crippen LogP contribution is -2.32. The molecule has 2 unspecified atom stereocenters. The first-order valence-corrected chi connectivity index (χ1v) is 7.26. The van der Waals surface area contributed by atoms with Crippen LogP contribution in [-0.4, -0.2) is 10.2 Å². The number of hydrogen-bond acceptors (Lipinski definition) is 2. The minimum Gasteiger partial charge on any atom is -0.164 e. The van der Waals surface area contributed by atoms with E-state index in [1.807, 2.05) is 12.2 Å². The summed E-state index contributed by atoms with van der Waals surface area (Å²) in [4.78, 5) is 0. The number of aromatic nitrogens is 2. The average Bonchev–Trinajstić information content (AvgIpc) is 3.09. The number of nitrogens with zero attached hydrogens (tertiary/aromatic N) is 2. The summed E-state index contributed by atoms with van der Waals surface area (Å²) in [5.41, 5.74) is -3.79. The minimum atomic E-state index is -4.79. The first-order chi connectivity index (χ1) is 10.6. The summed E-state index contributed by atoms with van der Waals surface area (Å²) in [5, 5.41) is 5.80. The third kappa shape index (κ3) is 1.96. The minimum absolute atomic E-state index is 0.000116. The SMILES string of the molecule is FC(F)(F)c1nnc(C(F)(F)F)c2c1CC13CC=CCC1(C2)C3. The first kappa shape index (κ1) is 15.0. The van der Waals surface area contributed by atoms with Crippen molar-refractivity contribution in [2.45, 2.75) is 44.5 Å². The maximum Gasteiger partial charge on any atom is 0.435 e. The van der Waals surface area contributed by atoms with Crippen molar-refractivity contribution in [1.82, 2.24) is 10.2 Å². The van der Waals surface area contributed by atoms with E-state index in [-0.39, 0.29) is 34.8 Å². The predicted molar refractivity (Wildman–Crippen MR) is 67.3 cm³/mol. The summed E-state index contributed by atoms with van der Waals surface area (Å²) in [6, 6.07) is 0. The standard InChI is InChI=1S/C15H12F6N2/c16-14(17,18)10-8-5-12-3-1-2-4-13(12,7-12)6-9(8)11(23-22-10)15(19,20)21/h1-2H,3-7H2. The molecule has 0 spiro atoms. The highest BCUT2D eigenvalue weighted by atomic mass is 19.4. The van der Waals surface area contributed by atoms with Crippen molar-refractivity contribution >= 4 is 0 Å². The van der Waals surface area contributed by atoms with Crippen LogP contribution >= 0.6 is 0 Å². The van der Waals surface area contributed by atoms with Crippen LogP contribution in [0.2, 0.25) is 0 Å². The molecule has 2 nitrogen and oxygen atoms in total. The number of alkyl halides is 6. The van der Waals surface area contributed by atoms with Gasteiger partial charge in [0.05, 0.1) is 0 Å². The number of halogens is 6. The van der Waals surface area contributed by atoms with Crippen molar-refractivity contribution in [3.63, 3.8) is 0 Å². The molecule has 0 aromatic carbocycles. The molecule has 0 saturated heterocycles. The summed E-state index contributed by atoms with van der Waals surface area (Å²) >= 11 is 0. The molecule has 3 aliphatic rings. The summed E-state index contributed by atoms with van der Waals surface area (Å²) < 4.78 is 79.0. The van der Waals surface area contributed by atoms with Crippen LogP contribution in [0, 0.1) is 10.8 Å². The van der Waals surface area contributed by atoms with Gasteiger partial charge in [0.2, 0.25) is 0 Å². The number of hydrogen-bond donors (Lipinski definition) is 0. The van der Waals surface area contributed by atoms with Crippen LogP contribution in [0.25, 0.3) is 0 Å². The van der Waals surface area contributed by atoms with Crippen LogP contribution in [-0.2, 0) is 25.2 Å². The molecule has 1 aromatic rings. The Morgan fingerprint density at radius 3 is 1.48 bits per heavy atom. The molecule has 124 valence electrons. The summed E-state index contributed by atoms with van der Waals surface area (Å²) in [6.07, 6.45) is -3.85. The quantitative estimate of drug-likeness (QED) is 0.521. The Hall–Kier alpha value is -1.60. The second-order valence-electron chi connectivity index (χ2n) is 6.82. The van der Waals surface area contributed by atoms with Crippen molar-refractivity contribution in [3.8, 4) is 0 Å². The third-order valence-electron chi connectivity index (χ3n) is 5.61. The Balaban J connectivity index is 1.91. The fraction of sp³-hybridized carbons (Fsp3) is 0.600. The van der Waals surface area contributed by atoms with Crippen LogP contribution in [0.1, 0.15) is 41.8 Å². The first-order valence-electron chi connectivity index (χ1n) is 7.26. The monoisotopic (exact) mass is 334 g/mol. The van der Waals surface area contributed by atoms with Crippen LogP contribution < -0.4 is 0 Å². The predicted octanol–water partition coefficient (Wildman–Crippen LogP) is 4.34. The van der Waals surface area contributed by atoms with Gasteiger partial charge >= 0.3 is 12.4 Å². The van der Waals surface area contributed by atoms with Crippen molar-refractivity contribution in [2.75, 3.05) is 0 Å². The maximum absolute atomic E-state index is 13.2. The van der Waals surface area contributed by atoms with E-state index in [0.717, 1.165) is 0 Å². The topological polar surface area (TPSA) is 25.8 Å². The van der Waals surface area contributed by atoms with E-state index >= 15 is 0 Å². The van der Waals surface area contributed by atoms with E-state index in [1.165, 1.54) is 0 Å². The molecule has 3 aliphatic carbocycles. The zero-order chi connectivity index (χ0) is 16.7. The van der Waals surface area contributed by atoms with Gasteiger partial charge in [-0.15, -0.1) is 10.2 Å². The third-order valence-corrected chi connectivity index (χ3v) is 5.61. The second-order valence-corrected chi connectivity index (χ2v) is 6.82. The average molecular weight is 334 g/mol. The molecule has 0 bridgehead atoms. The molecule has 1 aromatic heterocycles. The van der Waals surface area contributed by atoms with Gasteiger partial charge in [-0.2, -0.15) is 26.3 Å². The van der Waals surface area contributed by atoms with E-state index in [4.69, 9.17) is 0 Å². The molecule has 1 heterocycles. The Kier molecular flexibility index (Phi) is 2.65. The Morgan fingerprint density at radius 1 is 0.739 bits per heavy atom. The van der Waals surface area contributed by atoms with Gasteiger partial charge in [-0.1, -0.05) is 12.2 Å². The highest BCUT2D eigenvalue weighted by Crippen LogP contribution is 2.75. The maximum atomic E-state index is 13.2. The molecule has 0 amide bonds. The fourth-order valence-electron chi connectivity index (χ4n) is 4.46. The zero-order valence-electron chi connectivity index (χ0n) is 11.9. The molecule has 0 N–H and O–H groups in total. The molecule has 4 rings (SSSR count). The van der Waals surface area contributed by atoms with E-state index in [2.05, 4.69) is 10.2 Å². The van der Waals surface area contributed by atoms with Crippen LogP contribution in [0.4, 0.5) is 26.3 Å². The Morgan fingerprint density at radius 2 is 1.13 bits per heavy atom. The van der Waals surface area contributed by atoms with Gasteiger partial charge in [0.15, 0.2) is 11.4 Å². The summed E-state index contributed by atoms with van der Waals surface area (Å²) in [7, 11) is 0. The smallest absolute Gasteiger partial charge is 0.164 e. The van der Waals surface area contributed by atoms with Gasteiger partial charge in [0.1, 0.15) is 0 Å². The van der Waals surface area contributed by atoms with E-state index in [0.29, 0.717) is 19.3 Å². The lowest BCUT2D eigenvalue weighted by atomic mass is 9.70. The van der Waals surface area contributed by atoms with Crippen molar-refractivity contribution in [1.29, 1.82) is 0 Å². The Bertz CT molecular complexity index is 661. The lowest BCUT2D eigenvalue weighted by Gasteiger charge is -2.35. The molecular weight excluding hydrogens is 322 g/mol. The van der Waals surface area contributed by atoms with Crippen molar-refractivity contribution in [3.05, 3.63) is 34.7 Å². The largest absolute Gasteiger partial charge is 0.435 e. The highest BCUT2D eigenvalue weighted by molar-refractivity contribution is 5.45. The van der Waals surface area contributed by atoms with Gasteiger partial charge < -0.3 is 0 Å². The fourth-order valence-corrected chi connectivity index (χ4v) is 4.46. The molecule has 2 atom stereocenters. The van der Waals surface area contributed by atoms with Crippen LogP contribution in [0.3, 0.4) is 0 Å². The van der Waals surface area contributed by atoms with Crippen LogP contribution in [0.5, 0.6) is 0 Å². The molecule has 23 heavy (non-hydrogen) atoms. The molecule has 8 heteroatoms. The zero-order valence-corrected chi connectivity index (χ0v) is 11.9. The van der Waals surface area contributed by atoms with Gasteiger partial charge in [-0.25, -0.2) is 0 Å². The number of rotatable bonds is 0. The van der Waals surface area contributed by atoms with E-state index in [1.54, 1.807) is 0 Å². The van der Waals surface area contributed by atoms with Crippen molar-refractivity contribution < 1.29 is 26.3 Å². The molecule has 1 fully saturated rings. The molecular formula is C15H12F6N2. The van der Waals surface area contributed by atoms with E-state index in [9.17, 15) is 26.3 Å². The highest BCUT2D eigenvalue weighted by Gasteiger charge is 2.69. The number of fused-ring (bicyclic) bond motifs is 1. The molecule has 1 saturated carbocycles. The molecule has 0 radical (unpaired) electrons. The van der Waals surface area contributed by atoms with Gasteiger partial charge in [0.25, 0.3) is 0 Å². The molecule has 0 aliphatic heterocycles. The summed E-state index contributed by atoms with van der Waals surface area (Å²) in [5.74, 6) is 0. The van der Waals surface area contributed by atoms with Crippen LogP contribution in [0.15, 0.2) is 12.2 Å². The van der Waals surface area contributed by atoms with Gasteiger partial charge in [0, 0.05) is 0 Å². The summed E-state index contributed by atoms with van der Waals surface area (Å²) in [6.45, 7) is 0. The van der Waals surface area contributed by atoms with E-state index < -0.39 is 23.7 Å². The van der Waals surface area contributed by atoms with Gasteiger partial charge in [-0.3, -0.25) is 0 Å².